The van der Waals surface area contributed by atoms with Crippen LogP contribution in [-0.4, -0.2) is 20.5 Å². The lowest BCUT2D eigenvalue weighted by Gasteiger charge is -2.05. The Morgan fingerprint density at radius 3 is 2.62 bits per heavy atom. The van der Waals surface area contributed by atoms with Gasteiger partial charge in [0.2, 0.25) is 0 Å². The first-order chi connectivity index (χ1) is 6.38. The number of hydrogen-bond donors (Lipinski definition) is 2. The number of benzene rings is 1. The monoisotopic (exact) mass is 175 g/mol. The highest BCUT2D eigenvalue weighted by Crippen LogP contribution is 2.17. The minimum absolute atomic E-state index is 0.534. The van der Waals surface area contributed by atoms with Gasteiger partial charge in [-0.05, 0) is 5.56 Å². The minimum atomic E-state index is -0.694. The van der Waals surface area contributed by atoms with Crippen molar-refractivity contribution in [3.63, 3.8) is 0 Å². The van der Waals surface area contributed by atoms with Crippen LogP contribution < -0.4 is 0 Å². The fraction of sp³-hybridized carbons (Fsp3) is 0.111. The van der Waals surface area contributed by atoms with E-state index in [2.05, 4.69) is 15.4 Å². The van der Waals surface area contributed by atoms with E-state index in [1.807, 2.05) is 30.3 Å². The quantitative estimate of drug-likeness (QED) is 0.712. The summed E-state index contributed by atoms with van der Waals surface area (Å²) in [6.45, 7) is 0. The smallest absolute Gasteiger partial charge is 0.124 e. The van der Waals surface area contributed by atoms with Crippen molar-refractivity contribution in [2.24, 2.45) is 0 Å². The number of H-pyrrole nitrogens is 1. The molecule has 0 amide bonds. The fourth-order valence-electron chi connectivity index (χ4n) is 1.15. The maximum atomic E-state index is 9.76. The van der Waals surface area contributed by atoms with Gasteiger partial charge in [-0.3, -0.25) is 0 Å². The van der Waals surface area contributed by atoms with Crippen molar-refractivity contribution in [1.29, 1.82) is 0 Å². The summed E-state index contributed by atoms with van der Waals surface area (Å²) >= 11 is 0. The molecule has 0 fully saturated rings. The molecule has 0 radical (unpaired) electrons. The first-order valence-corrected chi connectivity index (χ1v) is 3.96. The molecule has 1 heterocycles. The van der Waals surface area contributed by atoms with Crippen molar-refractivity contribution < 1.29 is 5.11 Å². The Hall–Kier alpha value is -1.68. The molecule has 1 aromatic carbocycles. The first-order valence-electron chi connectivity index (χ1n) is 3.96. The van der Waals surface area contributed by atoms with Gasteiger partial charge in [-0.1, -0.05) is 30.3 Å². The largest absolute Gasteiger partial charge is 0.382 e. The fourth-order valence-corrected chi connectivity index (χ4v) is 1.15. The number of rotatable bonds is 2. The number of aliphatic hydroxyl groups is 1. The van der Waals surface area contributed by atoms with Gasteiger partial charge in [-0.15, -0.1) is 0 Å². The van der Waals surface area contributed by atoms with Gasteiger partial charge < -0.3 is 5.11 Å². The van der Waals surface area contributed by atoms with E-state index in [4.69, 9.17) is 0 Å². The summed E-state index contributed by atoms with van der Waals surface area (Å²) in [7, 11) is 0. The molecule has 2 rings (SSSR count). The molecule has 0 aliphatic heterocycles. The van der Waals surface area contributed by atoms with E-state index in [1.165, 1.54) is 6.20 Å². The Bertz CT molecular complexity index is 358. The van der Waals surface area contributed by atoms with Crippen LogP contribution in [0.3, 0.4) is 0 Å². The van der Waals surface area contributed by atoms with Gasteiger partial charge in [0.05, 0.1) is 6.20 Å². The number of nitrogens with zero attached hydrogens (tertiary/aromatic N) is 2. The Morgan fingerprint density at radius 2 is 2.00 bits per heavy atom. The van der Waals surface area contributed by atoms with Crippen LogP contribution in [0.1, 0.15) is 17.4 Å². The molecule has 4 nitrogen and oxygen atoms in total. The highest BCUT2D eigenvalue weighted by molar-refractivity contribution is 5.23. The van der Waals surface area contributed by atoms with E-state index in [1.54, 1.807) is 0 Å². The van der Waals surface area contributed by atoms with Crippen molar-refractivity contribution in [3.05, 3.63) is 47.8 Å². The molecule has 0 saturated carbocycles. The van der Waals surface area contributed by atoms with E-state index < -0.39 is 6.10 Å². The summed E-state index contributed by atoms with van der Waals surface area (Å²) in [5.41, 5.74) is 1.35. The summed E-state index contributed by atoms with van der Waals surface area (Å²) in [6.07, 6.45) is 0.817. The van der Waals surface area contributed by atoms with Crippen molar-refractivity contribution in [1.82, 2.24) is 15.4 Å². The van der Waals surface area contributed by atoms with Crippen LogP contribution in [0.5, 0.6) is 0 Å². The maximum absolute atomic E-state index is 9.76. The highest BCUT2D eigenvalue weighted by Gasteiger charge is 2.11. The molecule has 0 spiro atoms. The summed E-state index contributed by atoms with van der Waals surface area (Å²) in [4.78, 5) is 0. The molecule has 4 heteroatoms. The number of nitrogens with one attached hydrogen (secondary N) is 1. The Balaban J connectivity index is 2.29. The molecule has 0 unspecified atom stereocenters. The summed E-state index contributed by atoms with van der Waals surface area (Å²) < 4.78 is 0. The van der Waals surface area contributed by atoms with E-state index in [0.29, 0.717) is 5.69 Å². The van der Waals surface area contributed by atoms with Gasteiger partial charge in [-0.25, -0.2) is 0 Å². The van der Waals surface area contributed by atoms with Gasteiger partial charge in [0, 0.05) is 0 Å². The lowest BCUT2D eigenvalue weighted by Crippen LogP contribution is -1.99. The second kappa shape index (κ2) is 3.37. The Morgan fingerprint density at radius 1 is 1.23 bits per heavy atom. The third-order valence-corrected chi connectivity index (χ3v) is 1.83. The second-order valence-corrected chi connectivity index (χ2v) is 2.71. The van der Waals surface area contributed by atoms with E-state index in [9.17, 15) is 5.11 Å². The lowest BCUT2D eigenvalue weighted by molar-refractivity contribution is 0.215. The third kappa shape index (κ3) is 1.57. The average molecular weight is 175 g/mol. The molecule has 1 aromatic heterocycles. The molecule has 0 aliphatic carbocycles. The molecule has 13 heavy (non-hydrogen) atoms. The third-order valence-electron chi connectivity index (χ3n) is 1.83. The van der Waals surface area contributed by atoms with E-state index >= 15 is 0 Å². The number of aromatic nitrogens is 3. The predicted octanol–water partition coefficient (Wildman–Crippen LogP) is 0.886. The molecular formula is C9H9N3O. The van der Waals surface area contributed by atoms with Crippen LogP contribution in [0.25, 0.3) is 0 Å². The van der Waals surface area contributed by atoms with Crippen molar-refractivity contribution in [2.45, 2.75) is 6.10 Å². The van der Waals surface area contributed by atoms with Crippen LogP contribution in [-0.2, 0) is 0 Å². The minimum Gasteiger partial charge on any atom is -0.382 e. The molecule has 1 atom stereocenters. The summed E-state index contributed by atoms with van der Waals surface area (Å²) in [6, 6.07) is 9.34. The van der Waals surface area contributed by atoms with Crippen LogP contribution >= 0.6 is 0 Å². The maximum Gasteiger partial charge on any atom is 0.124 e. The highest BCUT2D eigenvalue weighted by atomic mass is 16.3. The summed E-state index contributed by atoms with van der Waals surface area (Å²) in [5, 5.41) is 19.7. The van der Waals surface area contributed by atoms with E-state index in [0.717, 1.165) is 5.56 Å². The van der Waals surface area contributed by atoms with Gasteiger partial charge in [-0.2, -0.15) is 15.4 Å². The van der Waals surface area contributed by atoms with Gasteiger partial charge in [0.1, 0.15) is 11.8 Å². The predicted molar refractivity (Wildman–Crippen MR) is 46.9 cm³/mol. The zero-order valence-electron chi connectivity index (χ0n) is 6.88. The molecular weight excluding hydrogens is 166 g/mol. The molecule has 66 valence electrons. The molecule has 0 bridgehead atoms. The first kappa shape index (κ1) is 7.94. The van der Waals surface area contributed by atoms with Crippen LogP contribution in [0, 0.1) is 0 Å². The zero-order chi connectivity index (χ0) is 9.10. The van der Waals surface area contributed by atoms with Crippen LogP contribution in [0.4, 0.5) is 0 Å². The van der Waals surface area contributed by atoms with Crippen LogP contribution in [0.2, 0.25) is 0 Å². The van der Waals surface area contributed by atoms with Crippen molar-refractivity contribution >= 4 is 0 Å². The number of aromatic amines is 1. The Kier molecular flexibility index (Phi) is 2.06. The molecule has 2 aromatic rings. The zero-order valence-corrected chi connectivity index (χ0v) is 6.88. The van der Waals surface area contributed by atoms with Gasteiger partial charge >= 0.3 is 0 Å². The molecule has 0 aliphatic rings. The van der Waals surface area contributed by atoms with Gasteiger partial charge in [0.15, 0.2) is 0 Å². The van der Waals surface area contributed by atoms with E-state index in [-0.39, 0.29) is 0 Å². The Labute approximate surface area is 75.2 Å². The number of aliphatic hydroxyl groups excluding tert-OH is 1. The second-order valence-electron chi connectivity index (χ2n) is 2.71. The van der Waals surface area contributed by atoms with Crippen molar-refractivity contribution in [2.75, 3.05) is 0 Å². The van der Waals surface area contributed by atoms with Crippen molar-refractivity contribution in [3.8, 4) is 0 Å². The lowest BCUT2D eigenvalue weighted by atomic mass is 10.1. The molecule has 2 N–H and O–H groups in total. The molecule has 0 saturated heterocycles. The SMILES string of the molecule is O[C@@H](c1ccccc1)c1cn[nH]n1. The van der Waals surface area contributed by atoms with Crippen LogP contribution in [0.15, 0.2) is 36.5 Å². The average Bonchev–Trinajstić information content (AvgIpc) is 2.71. The topological polar surface area (TPSA) is 61.8 Å². The number of hydrogen-bond acceptors (Lipinski definition) is 3. The van der Waals surface area contributed by atoms with Gasteiger partial charge in [0.25, 0.3) is 0 Å². The normalized spacial score (nSPS) is 12.7. The summed E-state index contributed by atoms with van der Waals surface area (Å²) in [5.74, 6) is 0. The standard InChI is InChI=1S/C9H9N3O/c13-9(8-6-10-12-11-8)7-4-2-1-3-5-7/h1-6,9,13H,(H,10,11,12)/t9-/m0/s1.